The summed E-state index contributed by atoms with van der Waals surface area (Å²) in [6.07, 6.45) is 0.822. The van der Waals surface area contributed by atoms with Crippen LogP contribution < -0.4 is 10.9 Å². The van der Waals surface area contributed by atoms with E-state index in [4.69, 9.17) is 0 Å². The fourth-order valence-corrected chi connectivity index (χ4v) is 2.37. The van der Waals surface area contributed by atoms with Crippen LogP contribution in [0.5, 0.6) is 0 Å². The van der Waals surface area contributed by atoms with Crippen LogP contribution in [0.1, 0.15) is 38.6 Å². The molecule has 20 heavy (non-hydrogen) atoms. The molecule has 0 saturated heterocycles. The molecule has 7 heteroatoms. The second kappa shape index (κ2) is 5.96. The molecule has 2 heterocycles. The first-order chi connectivity index (χ1) is 9.51. The number of aryl methyl sites for hydroxylation is 3. The quantitative estimate of drug-likeness (QED) is 0.890. The first kappa shape index (κ1) is 14.4. The van der Waals surface area contributed by atoms with Crippen molar-refractivity contribution in [2.24, 2.45) is 0 Å². The molecule has 0 aliphatic heterocycles. The lowest BCUT2D eigenvalue weighted by Crippen LogP contribution is -2.29. The van der Waals surface area contributed by atoms with Crippen molar-refractivity contribution in [3.63, 3.8) is 0 Å². The van der Waals surface area contributed by atoms with Gasteiger partial charge in [-0.05, 0) is 31.9 Å². The Kier molecular flexibility index (Phi) is 4.29. The van der Waals surface area contributed by atoms with Crippen molar-refractivity contribution in [1.29, 1.82) is 0 Å². The van der Waals surface area contributed by atoms with E-state index in [0.717, 1.165) is 27.7 Å². The molecule has 2 rings (SSSR count). The van der Waals surface area contributed by atoms with Crippen molar-refractivity contribution in [3.8, 4) is 0 Å². The zero-order valence-electron chi connectivity index (χ0n) is 11.6. The highest BCUT2D eigenvalue weighted by atomic mass is 32.1. The SMILES string of the molecule is CCc1nnc(CNC(=O)c2cc(C)c(C)[nH]c2=O)s1. The fourth-order valence-electron chi connectivity index (χ4n) is 1.65. The summed E-state index contributed by atoms with van der Waals surface area (Å²) < 4.78 is 0. The first-order valence-corrected chi connectivity index (χ1v) is 7.13. The number of pyridine rings is 1. The van der Waals surface area contributed by atoms with Crippen molar-refractivity contribution >= 4 is 17.2 Å². The Morgan fingerprint density at radius 2 is 2.05 bits per heavy atom. The van der Waals surface area contributed by atoms with Crippen molar-refractivity contribution in [2.75, 3.05) is 0 Å². The van der Waals surface area contributed by atoms with Gasteiger partial charge in [0.2, 0.25) is 0 Å². The molecule has 106 valence electrons. The number of hydrogen-bond acceptors (Lipinski definition) is 5. The molecule has 2 aromatic rings. The molecule has 6 nitrogen and oxygen atoms in total. The van der Waals surface area contributed by atoms with Crippen LogP contribution >= 0.6 is 11.3 Å². The Hall–Kier alpha value is -2.02. The van der Waals surface area contributed by atoms with E-state index in [-0.39, 0.29) is 17.7 Å². The van der Waals surface area contributed by atoms with Crippen molar-refractivity contribution < 1.29 is 4.79 Å². The maximum absolute atomic E-state index is 12.0. The number of amides is 1. The molecule has 0 aromatic carbocycles. The summed E-state index contributed by atoms with van der Waals surface area (Å²) in [4.78, 5) is 26.4. The van der Waals surface area contributed by atoms with Crippen molar-refractivity contribution in [2.45, 2.75) is 33.7 Å². The fraction of sp³-hybridized carbons (Fsp3) is 0.385. The van der Waals surface area contributed by atoms with Gasteiger partial charge in [0.1, 0.15) is 15.6 Å². The number of aromatic nitrogens is 3. The molecular weight excluding hydrogens is 276 g/mol. The lowest BCUT2D eigenvalue weighted by Gasteiger charge is -2.05. The number of hydrogen-bond donors (Lipinski definition) is 2. The van der Waals surface area contributed by atoms with Gasteiger partial charge in [0.05, 0.1) is 6.54 Å². The first-order valence-electron chi connectivity index (χ1n) is 6.31. The molecule has 2 aromatic heterocycles. The van der Waals surface area contributed by atoms with Crippen molar-refractivity contribution in [3.05, 3.63) is 43.3 Å². The van der Waals surface area contributed by atoms with Gasteiger partial charge >= 0.3 is 0 Å². The number of aromatic amines is 1. The van der Waals surface area contributed by atoms with E-state index in [1.54, 1.807) is 13.0 Å². The van der Waals surface area contributed by atoms with Crippen LogP contribution in [0, 0.1) is 13.8 Å². The van der Waals surface area contributed by atoms with Crippen LogP contribution in [-0.2, 0) is 13.0 Å². The average Bonchev–Trinajstić information content (AvgIpc) is 2.88. The van der Waals surface area contributed by atoms with E-state index in [1.165, 1.54) is 11.3 Å². The molecule has 0 unspecified atom stereocenters. The Bertz CT molecular complexity index is 690. The molecule has 0 bridgehead atoms. The van der Waals surface area contributed by atoms with E-state index in [0.29, 0.717) is 0 Å². The maximum Gasteiger partial charge on any atom is 0.261 e. The molecule has 0 fully saturated rings. The molecule has 0 aliphatic rings. The molecule has 0 saturated carbocycles. The van der Waals surface area contributed by atoms with E-state index < -0.39 is 5.91 Å². The Labute approximate surface area is 120 Å². The third-order valence-corrected chi connectivity index (χ3v) is 4.02. The van der Waals surface area contributed by atoms with Gasteiger partial charge in [-0.1, -0.05) is 18.3 Å². The number of nitrogens with one attached hydrogen (secondary N) is 2. The van der Waals surface area contributed by atoms with Crippen LogP contribution in [0.3, 0.4) is 0 Å². The summed E-state index contributed by atoms with van der Waals surface area (Å²) in [5.74, 6) is -0.400. The molecule has 2 N–H and O–H groups in total. The zero-order chi connectivity index (χ0) is 14.7. The Balaban J connectivity index is 2.09. The van der Waals surface area contributed by atoms with Gasteiger partial charge in [-0.3, -0.25) is 9.59 Å². The minimum atomic E-state index is -0.400. The van der Waals surface area contributed by atoms with Gasteiger partial charge in [-0.2, -0.15) is 0 Å². The lowest BCUT2D eigenvalue weighted by molar-refractivity contribution is 0.0949. The topological polar surface area (TPSA) is 87.7 Å². The highest BCUT2D eigenvalue weighted by Crippen LogP contribution is 2.10. The van der Waals surface area contributed by atoms with E-state index in [1.807, 2.05) is 13.8 Å². The van der Waals surface area contributed by atoms with Crippen LogP contribution in [0.4, 0.5) is 0 Å². The molecule has 0 atom stereocenters. The summed E-state index contributed by atoms with van der Waals surface area (Å²) in [6.45, 7) is 5.92. The third kappa shape index (κ3) is 3.11. The largest absolute Gasteiger partial charge is 0.345 e. The number of H-pyrrole nitrogens is 1. The summed E-state index contributed by atoms with van der Waals surface area (Å²) >= 11 is 1.46. The third-order valence-electron chi connectivity index (χ3n) is 2.95. The highest BCUT2D eigenvalue weighted by molar-refractivity contribution is 7.11. The normalized spacial score (nSPS) is 10.6. The average molecular weight is 292 g/mol. The maximum atomic E-state index is 12.0. The van der Waals surface area contributed by atoms with Gasteiger partial charge < -0.3 is 10.3 Å². The number of nitrogens with zero attached hydrogens (tertiary/aromatic N) is 2. The summed E-state index contributed by atoms with van der Waals surface area (Å²) in [5, 5.41) is 12.3. The van der Waals surface area contributed by atoms with Crippen LogP contribution in [0.15, 0.2) is 10.9 Å². The number of carbonyl (C=O) groups excluding carboxylic acids is 1. The van der Waals surface area contributed by atoms with Gasteiger partial charge in [0.15, 0.2) is 0 Å². The molecular formula is C13H16N4O2S. The summed E-state index contributed by atoms with van der Waals surface area (Å²) in [5.41, 5.74) is 1.38. The Morgan fingerprint density at radius 3 is 2.70 bits per heavy atom. The number of rotatable bonds is 4. The molecule has 0 aliphatic carbocycles. The van der Waals surface area contributed by atoms with Gasteiger partial charge in [-0.25, -0.2) is 0 Å². The Morgan fingerprint density at radius 1 is 1.35 bits per heavy atom. The minimum Gasteiger partial charge on any atom is -0.345 e. The van der Waals surface area contributed by atoms with E-state index in [2.05, 4.69) is 20.5 Å². The van der Waals surface area contributed by atoms with Gasteiger partial charge in [-0.15, -0.1) is 10.2 Å². The second-order valence-electron chi connectivity index (χ2n) is 4.45. The zero-order valence-corrected chi connectivity index (χ0v) is 12.4. The molecule has 0 radical (unpaired) electrons. The molecule has 1 amide bonds. The predicted molar refractivity (Wildman–Crippen MR) is 77.0 cm³/mol. The number of carbonyl (C=O) groups is 1. The van der Waals surface area contributed by atoms with E-state index in [9.17, 15) is 9.59 Å². The lowest BCUT2D eigenvalue weighted by atomic mass is 10.1. The predicted octanol–water partition coefficient (Wildman–Crippen LogP) is 1.34. The van der Waals surface area contributed by atoms with Crippen LogP contribution in [0.2, 0.25) is 0 Å². The minimum absolute atomic E-state index is 0.119. The summed E-state index contributed by atoms with van der Waals surface area (Å²) in [7, 11) is 0. The van der Waals surface area contributed by atoms with Gasteiger partial charge in [0.25, 0.3) is 11.5 Å². The van der Waals surface area contributed by atoms with Gasteiger partial charge in [0, 0.05) is 5.69 Å². The van der Waals surface area contributed by atoms with Crippen LogP contribution in [-0.4, -0.2) is 21.1 Å². The van der Waals surface area contributed by atoms with Crippen LogP contribution in [0.25, 0.3) is 0 Å². The highest BCUT2D eigenvalue weighted by Gasteiger charge is 2.12. The summed E-state index contributed by atoms with van der Waals surface area (Å²) in [6, 6.07) is 1.60. The van der Waals surface area contributed by atoms with Crippen molar-refractivity contribution in [1.82, 2.24) is 20.5 Å². The monoisotopic (exact) mass is 292 g/mol. The second-order valence-corrected chi connectivity index (χ2v) is 5.59. The smallest absolute Gasteiger partial charge is 0.261 e. The molecule has 0 spiro atoms. The standard InChI is InChI=1S/C13H16N4O2S/c1-4-10-16-17-11(20-10)6-14-12(18)9-5-7(2)8(3)15-13(9)19/h5H,4,6H2,1-3H3,(H,14,18)(H,15,19). The van der Waals surface area contributed by atoms with E-state index >= 15 is 0 Å².